The molecular weight excluding hydrogens is 353 g/mol. The number of nitrogens with zero attached hydrogens (tertiary/aromatic N) is 2. The molecule has 1 fully saturated rings. The first-order valence-corrected chi connectivity index (χ1v) is 7.52. The lowest BCUT2D eigenvalue weighted by molar-refractivity contribution is -0.126. The summed E-state index contributed by atoms with van der Waals surface area (Å²) in [6, 6.07) is 7.12. The molecule has 8 heteroatoms. The van der Waals surface area contributed by atoms with Gasteiger partial charge in [0.1, 0.15) is 6.61 Å². The number of para-hydroxylation sites is 1. The Balaban J connectivity index is 0.00000144. The van der Waals surface area contributed by atoms with Gasteiger partial charge in [-0.15, -0.1) is 24.8 Å². The van der Waals surface area contributed by atoms with Gasteiger partial charge < -0.3 is 10.1 Å². The first kappa shape index (κ1) is 20.6. The Kier molecular flexibility index (Phi) is 8.35. The van der Waals surface area contributed by atoms with E-state index in [4.69, 9.17) is 4.74 Å². The second kappa shape index (κ2) is 9.74. The lowest BCUT2D eigenvalue weighted by atomic mass is 10.1. The number of ether oxygens (including phenoxy) is 1. The summed E-state index contributed by atoms with van der Waals surface area (Å²) >= 11 is 0. The third-order valence-electron chi connectivity index (χ3n) is 3.81. The van der Waals surface area contributed by atoms with E-state index in [1.807, 2.05) is 6.07 Å². The molecule has 1 aliphatic rings. The fourth-order valence-corrected chi connectivity index (χ4v) is 2.63. The molecule has 24 heavy (non-hydrogen) atoms. The summed E-state index contributed by atoms with van der Waals surface area (Å²) in [7, 11) is 0. The van der Waals surface area contributed by atoms with Gasteiger partial charge in [-0.05, 0) is 31.5 Å². The smallest absolute Gasteiger partial charge is 0.261 e. The average molecular weight is 374 g/mol. The van der Waals surface area contributed by atoms with Gasteiger partial charge in [-0.3, -0.25) is 14.2 Å². The number of hydrogen-bond donors (Lipinski definition) is 1. The standard InChI is InChI=1S/C16H19N3O3.2ClH/c20-12(10-22-13-4-3-7-17-8-13)9-19-11-18-15-6-2-1-5-14(15)16(19)21;;/h1-2,5-6,11,13,17H,3-4,7-10H2;2*1H. The van der Waals surface area contributed by atoms with Crippen molar-refractivity contribution >= 4 is 41.5 Å². The molecule has 0 bridgehead atoms. The summed E-state index contributed by atoms with van der Waals surface area (Å²) in [5, 5.41) is 3.76. The van der Waals surface area contributed by atoms with Crippen molar-refractivity contribution in [3.8, 4) is 0 Å². The highest BCUT2D eigenvalue weighted by Crippen LogP contribution is 2.06. The van der Waals surface area contributed by atoms with Gasteiger partial charge in [0.2, 0.25) is 0 Å². The normalized spacial score (nSPS) is 16.9. The van der Waals surface area contributed by atoms with Crippen LogP contribution in [0.25, 0.3) is 10.9 Å². The van der Waals surface area contributed by atoms with E-state index >= 15 is 0 Å². The fraction of sp³-hybridized carbons (Fsp3) is 0.438. The Hall–Kier alpha value is -1.47. The number of rotatable bonds is 5. The van der Waals surface area contributed by atoms with Crippen LogP contribution in [0.15, 0.2) is 35.4 Å². The van der Waals surface area contributed by atoms with Gasteiger partial charge >= 0.3 is 0 Å². The van der Waals surface area contributed by atoms with Crippen molar-refractivity contribution in [2.24, 2.45) is 0 Å². The Morgan fingerprint density at radius 3 is 2.88 bits per heavy atom. The van der Waals surface area contributed by atoms with Crippen LogP contribution in [-0.4, -0.2) is 41.1 Å². The second-order valence-corrected chi connectivity index (χ2v) is 5.51. The van der Waals surface area contributed by atoms with Gasteiger partial charge in [-0.2, -0.15) is 0 Å². The third kappa shape index (κ3) is 5.01. The SMILES string of the molecule is Cl.Cl.O=C(COC1CCCNC1)Cn1cnc2ccccc2c1=O. The first-order valence-electron chi connectivity index (χ1n) is 7.52. The molecule has 2 heterocycles. The van der Waals surface area contributed by atoms with Crippen molar-refractivity contribution in [1.29, 1.82) is 0 Å². The molecule has 2 aromatic rings. The zero-order valence-electron chi connectivity index (χ0n) is 13.1. The summed E-state index contributed by atoms with van der Waals surface area (Å²) in [5.74, 6) is -0.121. The summed E-state index contributed by atoms with van der Waals surface area (Å²) in [5.41, 5.74) is 0.444. The fourth-order valence-electron chi connectivity index (χ4n) is 2.63. The number of ketones is 1. The van der Waals surface area contributed by atoms with Crippen LogP contribution in [0.4, 0.5) is 0 Å². The van der Waals surface area contributed by atoms with Crippen LogP contribution in [0.3, 0.4) is 0 Å². The van der Waals surface area contributed by atoms with Gasteiger partial charge in [0.15, 0.2) is 5.78 Å². The van der Waals surface area contributed by atoms with E-state index < -0.39 is 0 Å². The predicted molar refractivity (Wildman–Crippen MR) is 97.3 cm³/mol. The number of halogens is 2. The molecule has 0 spiro atoms. The van der Waals surface area contributed by atoms with E-state index in [1.54, 1.807) is 18.2 Å². The molecule has 0 amide bonds. The molecule has 1 N–H and O–H groups in total. The van der Waals surface area contributed by atoms with E-state index in [9.17, 15) is 9.59 Å². The number of carbonyl (C=O) groups excluding carboxylic acids is 1. The minimum atomic E-state index is -0.196. The largest absolute Gasteiger partial charge is 0.369 e. The van der Waals surface area contributed by atoms with Crippen molar-refractivity contribution in [3.05, 3.63) is 40.9 Å². The van der Waals surface area contributed by atoms with Crippen LogP contribution < -0.4 is 10.9 Å². The predicted octanol–water partition coefficient (Wildman–Crippen LogP) is 1.58. The zero-order chi connectivity index (χ0) is 15.4. The summed E-state index contributed by atoms with van der Waals surface area (Å²) in [4.78, 5) is 28.5. The molecule has 0 aliphatic carbocycles. The number of fused-ring (bicyclic) bond motifs is 1. The molecule has 1 aliphatic heterocycles. The van der Waals surface area contributed by atoms with Gasteiger partial charge in [0.25, 0.3) is 5.56 Å². The van der Waals surface area contributed by atoms with Gasteiger partial charge in [0.05, 0.1) is 29.9 Å². The highest BCUT2D eigenvalue weighted by atomic mass is 35.5. The minimum Gasteiger partial charge on any atom is -0.369 e. The number of hydrogen-bond acceptors (Lipinski definition) is 5. The van der Waals surface area contributed by atoms with Crippen LogP contribution in [0.5, 0.6) is 0 Å². The monoisotopic (exact) mass is 373 g/mol. The Labute approximate surface area is 152 Å². The maximum atomic E-state index is 12.3. The topological polar surface area (TPSA) is 73.2 Å². The molecule has 1 atom stereocenters. The zero-order valence-corrected chi connectivity index (χ0v) is 14.8. The number of aromatic nitrogens is 2. The van der Waals surface area contributed by atoms with E-state index in [1.165, 1.54) is 10.9 Å². The lowest BCUT2D eigenvalue weighted by Crippen LogP contribution is -2.37. The molecule has 1 aromatic heterocycles. The molecule has 1 saturated heterocycles. The molecule has 3 rings (SSSR count). The maximum absolute atomic E-state index is 12.3. The highest BCUT2D eigenvalue weighted by molar-refractivity contribution is 5.85. The second-order valence-electron chi connectivity index (χ2n) is 5.51. The Morgan fingerprint density at radius 1 is 1.33 bits per heavy atom. The average Bonchev–Trinajstić information content (AvgIpc) is 2.57. The first-order chi connectivity index (χ1) is 10.7. The quantitative estimate of drug-likeness (QED) is 0.860. The van der Waals surface area contributed by atoms with Crippen LogP contribution in [-0.2, 0) is 16.1 Å². The Morgan fingerprint density at radius 2 is 2.12 bits per heavy atom. The van der Waals surface area contributed by atoms with E-state index in [0.29, 0.717) is 10.9 Å². The lowest BCUT2D eigenvalue weighted by Gasteiger charge is -2.22. The molecule has 6 nitrogen and oxygen atoms in total. The van der Waals surface area contributed by atoms with Crippen LogP contribution in [0.1, 0.15) is 12.8 Å². The van der Waals surface area contributed by atoms with Crippen molar-refractivity contribution < 1.29 is 9.53 Å². The molecule has 1 unspecified atom stereocenters. The highest BCUT2D eigenvalue weighted by Gasteiger charge is 2.15. The summed E-state index contributed by atoms with van der Waals surface area (Å²) in [6.07, 6.45) is 3.54. The van der Waals surface area contributed by atoms with Crippen molar-refractivity contribution in [2.45, 2.75) is 25.5 Å². The molecular formula is C16H21Cl2N3O3. The molecule has 0 saturated carbocycles. The molecule has 132 valence electrons. The summed E-state index contributed by atoms with van der Waals surface area (Å²) in [6.45, 7) is 1.82. The summed E-state index contributed by atoms with van der Waals surface area (Å²) < 4.78 is 6.94. The number of piperidine rings is 1. The minimum absolute atomic E-state index is 0. The number of benzene rings is 1. The van der Waals surface area contributed by atoms with Crippen LogP contribution in [0.2, 0.25) is 0 Å². The molecule has 0 radical (unpaired) electrons. The molecule has 1 aromatic carbocycles. The number of Topliss-reactive ketones (excluding diaryl/α,β-unsaturated/α-hetero) is 1. The third-order valence-corrected chi connectivity index (χ3v) is 3.81. The van der Waals surface area contributed by atoms with E-state index in [2.05, 4.69) is 10.3 Å². The van der Waals surface area contributed by atoms with Crippen LogP contribution in [0, 0.1) is 0 Å². The van der Waals surface area contributed by atoms with E-state index in [0.717, 1.165) is 25.9 Å². The van der Waals surface area contributed by atoms with Gasteiger partial charge in [-0.25, -0.2) is 4.98 Å². The van der Waals surface area contributed by atoms with Crippen LogP contribution >= 0.6 is 24.8 Å². The van der Waals surface area contributed by atoms with Crippen molar-refractivity contribution in [2.75, 3.05) is 19.7 Å². The van der Waals surface area contributed by atoms with E-state index in [-0.39, 0.29) is 55.4 Å². The number of nitrogens with one attached hydrogen (secondary N) is 1. The van der Waals surface area contributed by atoms with Gasteiger partial charge in [0, 0.05) is 6.54 Å². The maximum Gasteiger partial charge on any atom is 0.261 e. The van der Waals surface area contributed by atoms with Crippen molar-refractivity contribution in [1.82, 2.24) is 14.9 Å². The Bertz CT molecular complexity index is 730. The number of carbonyl (C=O) groups is 1. The van der Waals surface area contributed by atoms with Crippen molar-refractivity contribution in [3.63, 3.8) is 0 Å². The van der Waals surface area contributed by atoms with Gasteiger partial charge in [-0.1, -0.05) is 12.1 Å².